The molecular formula is C15H20FN3O. The largest absolute Gasteiger partial charge is 0.330 e. The molecule has 1 heterocycles. The van der Waals surface area contributed by atoms with Crippen molar-refractivity contribution >= 4 is 17.3 Å². The summed E-state index contributed by atoms with van der Waals surface area (Å²) < 4.78 is 13.3. The maximum absolute atomic E-state index is 13.3. The van der Waals surface area contributed by atoms with Crippen molar-refractivity contribution in [3.8, 4) is 0 Å². The van der Waals surface area contributed by atoms with Gasteiger partial charge in [0.15, 0.2) is 0 Å². The van der Waals surface area contributed by atoms with Gasteiger partial charge < -0.3 is 5.73 Å². The van der Waals surface area contributed by atoms with Gasteiger partial charge in [0.2, 0.25) is 0 Å². The third-order valence-electron chi connectivity index (χ3n) is 3.42. The molecule has 0 spiro atoms. The van der Waals surface area contributed by atoms with Crippen molar-refractivity contribution in [1.29, 1.82) is 0 Å². The minimum Gasteiger partial charge on any atom is -0.330 e. The molecule has 1 aromatic rings. The summed E-state index contributed by atoms with van der Waals surface area (Å²) >= 11 is 0. The van der Waals surface area contributed by atoms with Gasteiger partial charge in [-0.05, 0) is 43.5 Å². The van der Waals surface area contributed by atoms with Crippen LogP contribution in [0.1, 0.15) is 26.7 Å². The molecule has 0 radical (unpaired) electrons. The molecule has 1 amide bonds. The van der Waals surface area contributed by atoms with Gasteiger partial charge in [-0.25, -0.2) is 9.40 Å². The average Bonchev–Trinajstić information content (AvgIpc) is 2.74. The third kappa shape index (κ3) is 2.88. The van der Waals surface area contributed by atoms with Crippen molar-refractivity contribution < 1.29 is 9.18 Å². The second-order valence-electron chi connectivity index (χ2n) is 5.29. The number of rotatable bonds is 5. The van der Waals surface area contributed by atoms with E-state index in [9.17, 15) is 9.18 Å². The molecule has 1 atom stereocenters. The SMILES string of the molecule is CC(C)C1=NN(c2cccc(F)c2)C(=O)C1CCCN. The fraction of sp³-hybridized carbons (Fsp3) is 0.467. The molecular weight excluding hydrogens is 257 g/mol. The van der Waals surface area contributed by atoms with E-state index in [4.69, 9.17) is 5.73 Å². The quantitative estimate of drug-likeness (QED) is 0.899. The van der Waals surface area contributed by atoms with E-state index in [1.165, 1.54) is 17.1 Å². The summed E-state index contributed by atoms with van der Waals surface area (Å²) in [4.78, 5) is 12.5. The van der Waals surface area contributed by atoms with Gasteiger partial charge in [-0.15, -0.1) is 0 Å². The van der Waals surface area contributed by atoms with Crippen molar-refractivity contribution in [3.05, 3.63) is 30.1 Å². The second kappa shape index (κ2) is 6.13. The fourth-order valence-electron chi connectivity index (χ4n) is 2.41. The Balaban J connectivity index is 2.29. The van der Waals surface area contributed by atoms with Crippen LogP contribution in [-0.2, 0) is 4.79 Å². The standard InChI is InChI=1S/C15H20FN3O/c1-10(2)14-13(7-4-8-17)15(20)19(18-14)12-6-3-5-11(16)9-12/h3,5-6,9-10,13H,4,7-8,17H2,1-2H3. The fourth-order valence-corrected chi connectivity index (χ4v) is 2.41. The monoisotopic (exact) mass is 277 g/mol. The first kappa shape index (κ1) is 14.7. The van der Waals surface area contributed by atoms with Crippen LogP contribution in [-0.4, -0.2) is 18.2 Å². The highest BCUT2D eigenvalue weighted by atomic mass is 19.1. The molecule has 0 bridgehead atoms. The Bertz CT molecular complexity index is 528. The number of anilines is 1. The molecule has 1 unspecified atom stereocenters. The highest BCUT2D eigenvalue weighted by Gasteiger charge is 2.37. The van der Waals surface area contributed by atoms with Gasteiger partial charge in [0.25, 0.3) is 5.91 Å². The number of hydrogen-bond donors (Lipinski definition) is 1. The summed E-state index contributed by atoms with van der Waals surface area (Å²) in [6.45, 7) is 4.57. The number of nitrogens with two attached hydrogens (primary N) is 1. The highest BCUT2D eigenvalue weighted by Crippen LogP contribution is 2.29. The molecule has 4 nitrogen and oxygen atoms in total. The molecule has 2 rings (SSSR count). The lowest BCUT2D eigenvalue weighted by Gasteiger charge is -2.14. The van der Waals surface area contributed by atoms with E-state index in [0.29, 0.717) is 18.7 Å². The van der Waals surface area contributed by atoms with Crippen LogP contribution >= 0.6 is 0 Å². The van der Waals surface area contributed by atoms with Crippen molar-refractivity contribution in [2.45, 2.75) is 26.7 Å². The Kier molecular flexibility index (Phi) is 4.49. The summed E-state index contributed by atoms with van der Waals surface area (Å²) in [6.07, 6.45) is 1.47. The number of hydrogen-bond acceptors (Lipinski definition) is 3. The first-order valence-electron chi connectivity index (χ1n) is 6.92. The van der Waals surface area contributed by atoms with Gasteiger partial charge in [-0.1, -0.05) is 19.9 Å². The molecule has 0 aromatic heterocycles. The lowest BCUT2D eigenvalue weighted by Crippen LogP contribution is -2.29. The second-order valence-corrected chi connectivity index (χ2v) is 5.29. The predicted molar refractivity (Wildman–Crippen MR) is 77.9 cm³/mol. The molecule has 1 aromatic carbocycles. The first-order valence-corrected chi connectivity index (χ1v) is 6.92. The van der Waals surface area contributed by atoms with Crippen LogP contribution in [0.4, 0.5) is 10.1 Å². The molecule has 0 saturated carbocycles. The van der Waals surface area contributed by atoms with Crippen LogP contribution in [0.5, 0.6) is 0 Å². The Labute approximate surface area is 118 Å². The normalized spacial score (nSPS) is 18.9. The zero-order valence-electron chi connectivity index (χ0n) is 11.8. The van der Waals surface area contributed by atoms with E-state index in [1.807, 2.05) is 13.8 Å². The first-order chi connectivity index (χ1) is 9.54. The van der Waals surface area contributed by atoms with Gasteiger partial charge in [0.05, 0.1) is 17.3 Å². The Morgan fingerprint density at radius 2 is 2.20 bits per heavy atom. The maximum atomic E-state index is 13.3. The van der Waals surface area contributed by atoms with Crippen molar-refractivity contribution in [1.82, 2.24) is 0 Å². The highest BCUT2D eigenvalue weighted by molar-refractivity contribution is 6.16. The predicted octanol–water partition coefficient (Wildman–Crippen LogP) is 2.54. The number of carbonyl (C=O) groups excluding carboxylic acids is 1. The Morgan fingerprint density at radius 1 is 1.45 bits per heavy atom. The van der Waals surface area contributed by atoms with Crippen LogP contribution < -0.4 is 10.7 Å². The number of carbonyl (C=O) groups is 1. The van der Waals surface area contributed by atoms with E-state index in [2.05, 4.69) is 5.10 Å². The van der Waals surface area contributed by atoms with Crippen LogP contribution in [0, 0.1) is 17.7 Å². The third-order valence-corrected chi connectivity index (χ3v) is 3.42. The van der Waals surface area contributed by atoms with E-state index < -0.39 is 0 Å². The molecule has 2 N–H and O–H groups in total. The molecule has 1 aliphatic rings. The number of halogens is 1. The molecule has 108 valence electrons. The molecule has 0 saturated heterocycles. The summed E-state index contributed by atoms with van der Waals surface area (Å²) in [7, 11) is 0. The average molecular weight is 277 g/mol. The molecule has 1 aliphatic heterocycles. The number of benzene rings is 1. The summed E-state index contributed by atoms with van der Waals surface area (Å²) in [5, 5.41) is 5.73. The molecule has 20 heavy (non-hydrogen) atoms. The van der Waals surface area contributed by atoms with Crippen molar-refractivity contribution in [2.75, 3.05) is 11.6 Å². The van der Waals surface area contributed by atoms with Crippen LogP contribution in [0.25, 0.3) is 0 Å². The Morgan fingerprint density at radius 3 is 2.80 bits per heavy atom. The van der Waals surface area contributed by atoms with E-state index in [0.717, 1.165) is 12.1 Å². The zero-order chi connectivity index (χ0) is 14.7. The molecule has 5 heteroatoms. The van der Waals surface area contributed by atoms with Crippen molar-refractivity contribution in [2.24, 2.45) is 22.7 Å². The van der Waals surface area contributed by atoms with Gasteiger partial charge in [0.1, 0.15) is 5.82 Å². The zero-order valence-corrected chi connectivity index (χ0v) is 11.8. The van der Waals surface area contributed by atoms with Crippen LogP contribution in [0.2, 0.25) is 0 Å². The number of amides is 1. The summed E-state index contributed by atoms with van der Waals surface area (Å²) in [5.41, 5.74) is 6.85. The van der Waals surface area contributed by atoms with Crippen LogP contribution in [0.3, 0.4) is 0 Å². The van der Waals surface area contributed by atoms with Gasteiger partial charge in [-0.3, -0.25) is 4.79 Å². The van der Waals surface area contributed by atoms with Gasteiger partial charge in [-0.2, -0.15) is 5.10 Å². The minimum atomic E-state index is -0.373. The minimum absolute atomic E-state index is 0.0900. The molecule has 0 fully saturated rings. The van der Waals surface area contributed by atoms with Crippen molar-refractivity contribution in [3.63, 3.8) is 0 Å². The smallest absolute Gasteiger partial charge is 0.256 e. The molecule has 0 aliphatic carbocycles. The summed E-state index contributed by atoms with van der Waals surface area (Å²) in [5.74, 6) is -0.517. The summed E-state index contributed by atoms with van der Waals surface area (Å²) in [6, 6.07) is 5.94. The number of nitrogens with zero attached hydrogens (tertiary/aromatic N) is 2. The Hall–Kier alpha value is -1.75. The van der Waals surface area contributed by atoms with Gasteiger partial charge in [0, 0.05) is 0 Å². The van der Waals surface area contributed by atoms with Gasteiger partial charge >= 0.3 is 0 Å². The van der Waals surface area contributed by atoms with Crippen LogP contribution in [0.15, 0.2) is 29.4 Å². The van der Waals surface area contributed by atoms with E-state index >= 15 is 0 Å². The lowest BCUT2D eigenvalue weighted by molar-refractivity contribution is -0.119. The maximum Gasteiger partial charge on any atom is 0.256 e. The van der Waals surface area contributed by atoms with E-state index in [-0.39, 0.29) is 23.6 Å². The number of hydrazone groups is 1. The lowest BCUT2D eigenvalue weighted by atomic mass is 9.90. The topological polar surface area (TPSA) is 58.7 Å². The van der Waals surface area contributed by atoms with E-state index in [1.54, 1.807) is 12.1 Å².